The molecule has 3 N–H and O–H groups in total. The van der Waals surface area contributed by atoms with Crippen molar-refractivity contribution in [2.24, 2.45) is 11.7 Å². The molecule has 3 aliphatic heterocycles. The summed E-state index contributed by atoms with van der Waals surface area (Å²) in [7, 11) is -3.72. The van der Waals surface area contributed by atoms with Crippen LogP contribution in [0.5, 0.6) is 0 Å². The van der Waals surface area contributed by atoms with E-state index in [1.54, 1.807) is 24.3 Å². The molecule has 41 heavy (non-hydrogen) atoms. The maximum Gasteiger partial charge on any atom is 0.261 e. The lowest BCUT2D eigenvalue weighted by Gasteiger charge is -2.40. The Morgan fingerprint density at radius 3 is 2.17 bits per heavy atom. The number of benzene rings is 2. The van der Waals surface area contributed by atoms with Crippen LogP contribution in [0.15, 0.2) is 36.4 Å². The third kappa shape index (κ3) is 5.88. The van der Waals surface area contributed by atoms with Gasteiger partial charge in [0.05, 0.1) is 16.9 Å². The predicted molar refractivity (Wildman–Crippen MR) is 143 cm³/mol. The van der Waals surface area contributed by atoms with Crippen LogP contribution in [0.4, 0.5) is 13.2 Å². The van der Waals surface area contributed by atoms with Gasteiger partial charge in [-0.25, -0.2) is 21.6 Å². The number of hydrogen-bond acceptors (Lipinski definition) is 6. The van der Waals surface area contributed by atoms with E-state index < -0.39 is 51.2 Å². The van der Waals surface area contributed by atoms with Crippen molar-refractivity contribution in [2.45, 2.75) is 56.7 Å². The van der Waals surface area contributed by atoms with Gasteiger partial charge in [-0.15, -0.1) is 0 Å². The van der Waals surface area contributed by atoms with Gasteiger partial charge in [0.25, 0.3) is 11.8 Å². The molecule has 3 aliphatic rings. The molecule has 2 saturated heterocycles. The number of carbonyl (C=O) groups is 3. The van der Waals surface area contributed by atoms with Gasteiger partial charge < -0.3 is 11.1 Å². The molecular formula is C28H31F3N4O5S. The summed E-state index contributed by atoms with van der Waals surface area (Å²) in [6.07, 6.45) is 2.09. The summed E-state index contributed by atoms with van der Waals surface area (Å²) in [6.45, 7) is -0.241. The van der Waals surface area contributed by atoms with Crippen LogP contribution in [0.2, 0.25) is 0 Å². The Balaban J connectivity index is 1.10. The minimum Gasteiger partial charge on any atom is -0.355 e. The quantitative estimate of drug-likeness (QED) is 0.322. The number of carbonyl (C=O) groups excluding carboxylic acids is 3. The monoisotopic (exact) mass is 592 g/mol. The molecule has 2 bridgehead atoms. The molecule has 0 spiro atoms. The normalized spacial score (nSPS) is 23.1. The number of amides is 3. The number of imide groups is 1. The van der Waals surface area contributed by atoms with Crippen molar-refractivity contribution in [1.82, 2.24) is 14.5 Å². The maximum atomic E-state index is 14.1. The zero-order valence-electron chi connectivity index (χ0n) is 22.2. The minimum atomic E-state index is -3.72. The lowest BCUT2D eigenvalue weighted by atomic mass is 9.83. The SMILES string of the molecule is NC(Cc1cc(F)c(F)cc1F)[C@@H]1C[C@H]2CC[C@@H](C1)N2S(=O)(=O)CCNC(=O)CCN1C(=O)c2ccccc2C1=O. The van der Waals surface area contributed by atoms with Crippen molar-refractivity contribution in [3.8, 4) is 0 Å². The molecule has 2 aromatic rings. The molecule has 9 nitrogen and oxygen atoms in total. The van der Waals surface area contributed by atoms with Crippen molar-refractivity contribution < 1.29 is 36.0 Å². The van der Waals surface area contributed by atoms with Gasteiger partial charge in [-0.1, -0.05) is 12.1 Å². The molecule has 3 amide bonds. The predicted octanol–water partition coefficient (Wildman–Crippen LogP) is 2.35. The Labute approximate surface area is 235 Å². The van der Waals surface area contributed by atoms with Crippen LogP contribution in [-0.2, 0) is 21.2 Å². The third-order valence-electron chi connectivity index (χ3n) is 8.30. The lowest BCUT2D eigenvalue weighted by Crippen LogP contribution is -2.51. The summed E-state index contributed by atoms with van der Waals surface area (Å²) in [5.41, 5.74) is 6.90. The van der Waals surface area contributed by atoms with E-state index in [2.05, 4.69) is 5.32 Å². The number of sulfonamides is 1. The highest BCUT2D eigenvalue weighted by Crippen LogP contribution is 2.42. The summed E-state index contributed by atoms with van der Waals surface area (Å²) < 4.78 is 68.9. The molecule has 4 atom stereocenters. The molecule has 2 aromatic carbocycles. The van der Waals surface area contributed by atoms with Crippen molar-refractivity contribution in [3.05, 3.63) is 70.5 Å². The average Bonchev–Trinajstić information content (AvgIpc) is 3.35. The summed E-state index contributed by atoms with van der Waals surface area (Å²) in [5, 5.41) is 2.56. The Hall–Kier alpha value is -3.29. The molecule has 0 aromatic heterocycles. The van der Waals surface area contributed by atoms with Gasteiger partial charge in [-0.3, -0.25) is 19.3 Å². The van der Waals surface area contributed by atoms with E-state index in [4.69, 9.17) is 5.73 Å². The Kier molecular flexibility index (Phi) is 8.22. The summed E-state index contributed by atoms with van der Waals surface area (Å²) in [5.74, 6) is -5.12. The molecule has 3 heterocycles. The number of nitrogens with one attached hydrogen (secondary N) is 1. The van der Waals surface area contributed by atoms with Crippen LogP contribution in [0.1, 0.15) is 58.4 Å². The maximum absolute atomic E-state index is 14.1. The highest BCUT2D eigenvalue weighted by atomic mass is 32.2. The van der Waals surface area contributed by atoms with E-state index in [-0.39, 0.29) is 55.2 Å². The van der Waals surface area contributed by atoms with Gasteiger partial charge in [0.15, 0.2) is 11.6 Å². The average molecular weight is 593 g/mol. The van der Waals surface area contributed by atoms with Crippen molar-refractivity contribution in [3.63, 3.8) is 0 Å². The number of hydrogen-bond donors (Lipinski definition) is 2. The molecule has 0 saturated carbocycles. The largest absolute Gasteiger partial charge is 0.355 e. The third-order valence-corrected chi connectivity index (χ3v) is 10.3. The molecule has 220 valence electrons. The molecular weight excluding hydrogens is 561 g/mol. The molecule has 0 radical (unpaired) electrons. The Morgan fingerprint density at radius 1 is 0.976 bits per heavy atom. The topological polar surface area (TPSA) is 130 Å². The summed E-state index contributed by atoms with van der Waals surface area (Å²) in [6, 6.07) is 6.61. The van der Waals surface area contributed by atoms with Crippen LogP contribution in [0, 0.1) is 23.4 Å². The lowest BCUT2D eigenvalue weighted by molar-refractivity contribution is -0.121. The van der Waals surface area contributed by atoms with E-state index in [1.165, 1.54) is 4.31 Å². The van der Waals surface area contributed by atoms with Crippen LogP contribution >= 0.6 is 0 Å². The number of nitrogens with two attached hydrogens (primary N) is 1. The second-order valence-electron chi connectivity index (χ2n) is 10.9. The zero-order chi connectivity index (χ0) is 29.5. The number of halogens is 3. The van der Waals surface area contributed by atoms with Gasteiger partial charge in [0, 0.05) is 43.7 Å². The number of piperidine rings is 1. The van der Waals surface area contributed by atoms with Gasteiger partial charge >= 0.3 is 0 Å². The van der Waals surface area contributed by atoms with Gasteiger partial charge in [-0.05, 0) is 61.8 Å². The Bertz CT molecular complexity index is 1440. The second-order valence-corrected chi connectivity index (χ2v) is 12.9. The molecule has 1 unspecified atom stereocenters. The number of rotatable bonds is 10. The van der Waals surface area contributed by atoms with E-state index in [1.807, 2.05) is 0 Å². The first kappa shape index (κ1) is 29.2. The first-order chi connectivity index (χ1) is 19.5. The molecule has 5 rings (SSSR count). The van der Waals surface area contributed by atoms with Crippen LogP contribution < -0.4 is 11.1 Å². The summed E-state index contributed by atoms with van der Waals surface area (Å²) in [4.78, 5) is 38.3. The van der Waals surface area contributed by atoms with Crippen LogP contribution in [-0.4, -0.2) is 72.3 Å². The van der Waals surface area contributed by atoms with Gasteiger partial charge in [0.2, 0.25) is 15.9 Å². The number of fused-ring (bicyclic) bond motifs is 3. The fourth-order valence-electron chi connectivity index (χ4n) is 6.29. The first-order valence-electron chi connectivity index (χ1n) is 13.6. The number of nitrogens with zero attached hydrogens (tertiary/aromatic N) is 2. The fourth-order valence-corrected chi connectivity index (χ4v) is 8.15. The van der Waals surface area contributed by atoms with Gasteiger partial charge in [-0.2, -0.15) is 4.31 Å². The molecule has 13 heteroatoms. The zero-order valence-corrected chi connectivity index (χ0v) is 23.0. The molecule has 0 aliphatic carbocycles. The fraction of sp³-hybridized carbons (Fsp3) is 0.464. The smallest absolute Gasteiger partial charge is 0.261 e. The van der Waals surface area contributed by atoms with Crippen molar-refractivity contribution in [1.29, 1.82) is 0 Å². The van der Waals surface area contributed by atoms with E-state index >= 15 is 0 Å². The van der Waals surface area contributed by atoms with Crippen molar-refractivity contribution >= 4 is 27.7 Å². The van der Waals surface area contributed by atoms with Crippen LogP contribution in [0.25, 0.3) is 0 Å². The van der Waals surface area contributed by atoms with Crippen LogP contribution in [0.3, 0.4) is 0 Å². The highest BCUT2D eigenvalue weighted by molar-refractivity contribution is 7.89. The van der Waals surface area contributed by atoms with Crippen molar-refractivity contribution in [2.75, 3.05) is 18.8 Å². The van der Waals surface area contributed by atoms with E-state index in [9.17, 15) is 36.0 Å². The first-order valence-corrected chi connectivity index (χ1v) is 15.2. The Morgan fingerprint density at radius 2 is 1.56 bits per heavy atom. The minimum absolute atomic E-state index is 0.00658. The molecule has 2 fully saturated rings. The summed E-state index contributed by atoms with van der Waals surface area (Å²) >= 11 is 0. The van der Waals surface area contributed by atoms with E-state index in [0.717, 1.165) is 11.0 Å². The highest BCUT2D eigenvalue weighted by Gasteiger charge is 2.47. The van der Waals surface area contributed by atoms with Gasteiger partial charge in [0.1, 0.15) is 5.82 Å². The standard InChI is InChI=1S/C28H31F3N4O5S/c29-22-15-24(31)23(30)13-16(22)14-25(32)17-11-18-5-6-19(12-17)35(18)41(39,40)10-8-33-26(36)7-9-34-27(37)20-3-1-2-4-21(20)28(34)38/h1-4,13,15,17-19,25H,5-12,14,32H2,(H,33,36)/t17-,18-,19+,25?. The second kappa shape index (κ2) is 11.5. The van der Waals surface area contributed by atoms with E-state index in [0.29, 0.717) is 42.9 Å².